The molecule has 2 aliphatic rings. The number of rotatable bonds is 0. The van der Waals surface area contributed by atoms with Crippen molar-refractivity contribution in [2.75, 3.05) is 0 Å². The van der Waals surface area contributed by atoms with Gasteiger partial charge in [0.1, 0.15) is 0 Å². The standard InChI is InChI=1S/C42H36/c1-2-8-31-10-4-11-33(18-31)26-41-28-40-25-32(9-3-1)19-34-12-5-13-35(20-34)21-36-14-6-15-37(22-36)23-38-16-7-17-39(24-38)27-42(29-40)30-41/h1-7,9-18,20,22,24-25,28-30H,8,19,21,23,26-27H2/b2-1+,9-3-,32-25-. The molecule has 0 N–H and O–H groups in total. The summed E-state index contributed by atoms with van der Waals surface area (Å²) < 4.78 is 0. The van der Waals surface area contributed by atoms with Gasteiger partial charge >= 0.3 is 0 Å². The lowest BCUT2D eigenvalue weighted by Crippen LogP contribution is -1.98. The molecule has 0 aliphatic heterocycles. The van der Waals surface area contributed by atoms with E-state index in [0.29, 0.717) is 0 Å². The predicted molar refractivity (Wildman–Crippen MR) is 177 cm³/mol. The average molecular weight is 541 g/mol. The number of hydrogen-bond donors (Lipinski definition) is 0. The molecule has 0 aromatic heterocycles. The fraction of sp³-hybridized carbons (Fsp3) is 0.143. The first-order chi connectivity index (χ1) is 20.7. The zero-order chi connectivity index (χ0) is 28.1. The van der Waals surface area contributed by atoms with Gasteiger partial charge in [-0.25, -0.2) is 0 Å². The van der Waals surface area contributed by atoms with E-state index in [2.05, 4.69) is 146 Å². The Kier molecular flexibility index (Phi) is 7.53. The van der Waals surface area contributed by atoms with E-state index in [0.717, 1.165) is 38.5 Å². The van der Waals surface area contributed by atoms with Gasteiger partial charge in [-0.15, -0.1) is 0 Å². The van der Waals surface area contributed by atoms with Crippen molar-refractivity contribution in [3.05, 3.63) is 206 Å². The number of fused-ring (bicyclic) bond motifs is 10. The molecular formula is C42H36. The molecule has 0 heterocycles. The minimum absolute atomic E-state index is 0.902. The maximum absolute atomic E-state index is 2.42. The molecule has 7 rings (SSSR count). The van der Waals surface area contributed by atoms with Crippen molar-refractivity contribution in [1.82, 2.24) is 0 Å². The van der Waals surface area contributed by atoms with Gasteiger partial charge in [0.2, 0.25) is 0 Å². The van der Waals surface area contributed by atoms with E-state index in [1.54, 1.807) is 0 Å². The molecule has 0 spiro atoms. The van der Waals surface area contributed by atoms with Gasteiger partial charge in [0.05, 0.1) is 0 Å². The quantitative estimate of drug-likeness (QED) is 0.183. The number of benzene rings is 5. The van der Waals surface area contributed by atoms with Crippen molar-refractivity contribution in [3.8, 4) is 0 Å². The van der Waals surface area contributed by atoms with E-state index in [9.17, 15) is 0 Å². The normalized spacial score (nSPS) is 17.3. The molecule has 0 nitrogen and oxygen atoms in total. The van der Waals surface area contributed by atoms with Crippen LogP contribution in [0.2, 0.25) is 0 Å². The largest absolute Gasteiger partial charge is 0.0801 e. The SMILES string of the molecule is C1=C\C2=C\c3cc(cc(c3)Cc3cccc(c3)Cc3cccc(c3)Cc3cccc(c3)C2)Cc2cccc(c2)C/C=C/1. The summed E-state index contributed by atoms with van der Waals surface area (Å²) in [6.07, 6.45) is 17.0. The van der Waals surface area contributed by atoms with Crippen LogP contribution in [0.3, 0.4) is 0 Å². The van der Waals surface area contributed by atoms with E-state index in [-0.39, 0.29) is 0 Å². The number of hydrogen-bond acceptors (Lipinski definition) is 0. The minimum Gasteiger partial charge on any atom is -0.0801 e. The van der Waals surface area contributed by atoms with Crippen molar-refractivity contribution in [2.24, 2.45) is 0 Å². The maximum atomic E-state index is 2.42. The Morgan fingerprint density at radius 1 is 0.357 bits per heavy atom. The molecule has 0 fully saturated rings. The second kappa shape index (κ2) is 12.0. The van der Waals surface area contributed by atoms with Gasteiger partial charge in [0, 0.05) is 0 Å². The monoisotopic (exact) mass is 540 g/mol. The summed E-state index contributed by atoms with van der Waals surface area (Å²) in [6.45, 7) is 0. The fourth-order valence-electron chi connectivity index (χ4n) is 6.51. The van der Waals surface area contributed by atoms with Crippen LogP contribution in [0.25, 0.3) is 6.08 Å². The van der Waals surface area contributed by atoms with Gasteiger partial charge in [-0.2, -0.15) is 0 Å². The van der Waals surface area contributed by atoms with Gasteiger partial charge in [0.15, 0.2) is 0 Å². The van der Waals surface area contributed by atoms with Crippen LogP contribution in [-0.4, -0.2) is 0 Å². The molecule has 5 aromatic carbocycles. The van der Waals surface area contributed by atoms with Gasteiger partial charge in [-0.1, -0.05) is 146 Å². The highest BCUT2D eigenvalue weighted by Crippen LogP contribution is 2.24. The Bertz CT molecular complexity index is 1830. The summed E-state index contributed by atoms with van der Waals surface area (Å²) in [6, 6.07) is 43.7. The van der Waals surface area contributed by atoms with Crippen LogP contribution in [0.15, 0.2) is 145 Å². The Morgan fingerprint density at radius 2 is 0.762 bits per heavy atom. The van der Waals surface area contributed by atoms with Crippen molar-refractivity contribution < 1.29 is 0 Å². The summed E-state index contributed by atoms with van der Waals surface area (Å²) in [4.78, 5) is 0. The van der Waals surface area contributed by atoms with E-state index in [1.807, 2.05) is 0 Å². The van der Waals surface area contributed by atoms with E-state index < -0.39 is 0 Å². The molecule has 0 radical (unpaired) electrons. The molecule has 0 amide bonds. The fourth-order valence-corrected chi connectivity index (χ4v) is 6.51. The first-order valence-corrected chi connectivity index (χ1v) is 15.2. The molecule has 5 aromatic rings. The number of allylic oxidation sites excluding steroid dienone is 5. The van der Waals surface area contributed by atoms with Gasteiger partial charge < -0.3 is 0 Å². The molecule has 0 heteroatoms. The van der Waals surface area contributed by atoms with Crippen molar-refractivity contribution >= 4 is 6.08 Å². The molecule has 0 saturated carbocycles. The Balaban J connectivity index is 1.37. The van der Waals surface area contributed by atoms with Crippen LogP contribution < -0.4 is 0 Å². The van der Waals surface area contributed by atoms with E-state index in [1.165, 1.54) is 66.8 Å². The third-order valence-electron chi connectivity index (χ3n) is 8.34. The van der Waals surface area contributed by atoms with Crippen molar-refractivity contribution in [2.45, 2.75) is 38.5 Å². The zero-order valence-electron chi connectivity index (χ0n) is 24.1. The summed E-state index contributed by atoms with van der Waals surface area (Å²) in [5, 5.41) is 0. The second-order valence-electron chi connectivity index (χ2n) is 12.0. The molecular weight excluding hydrogens is 504 g/mol. The van der Waals surface area contributed by atoms with Gasteiger partial charge in [0.25, 0.3) is 0 Å². The maximum Gasteiger partial charge on any atom is -0.00254 e. The minimum atomic E-state index is 0.902. The second-order valence-corrected chi connectivity index (χ2v) is 12.0. The van der Waals surface area contributed by atoms with Crippen molar-refractivity contribution in [3.63, 3.8) is 0 Å². The third-order valence-corrected chi connectivity index (χ3v) is 8.34. The zero-order valence-corrected chi connectivity index (χ0v) is 24.1. The highest BCUT2D eigenvalue weighted by Gasteiger charge is 2.09. The van der Waals surface area contributed by atoms with Gasteiger partial charge in [-0.3, -0.25) is 0 Å². The smallest absolute Gasteiger partial charge is 0.00254 e. The first-order valence-electron chi connectivity index (χ1n) is 15.2. The van der Waals surface area contributed by atoms with E-state index >= 15 is 0 Å². The van der Waals surface area contributed by atoms with Crippen LogP contribution in [0.5, 0.6) is 0 Å². The lowest BCUT2D eigenvalue weighted by Gasteiger charge is -2.13. The third kappa shape index (κ3) is 6.61. The molecule has 42 heavy (non-hydrogen) atoms. The Hall–Kier alpha value is -4.68. The van der Waals surface area contributed by atoms with Crippen LogP contribution in [-0.2, 0) is 38.5 Å². The summed E-state index contributed by atoms with van der Waals surface area (Å²) in [7, 11) is 0. The topological polar surface area (TPSA) is 0 Å². The summed E-state index contributed by atoms with van der Waals surface area (Å²) >= 11 is 0. The Morgan fingerprint density at radius 3 is 1.29 bits per heavy atom. The Labute approximate surface area is 250 Å². The molecule has 0 atom stereocenters. The summed E-state index contributed by atoms with van der Waals surface area (Å²) in [5.41, 5.74) is 16.3. The van der Waals surface area contributed by atoms with Crippen LogP contribution >= 0.6 is 0 Å². The van der Waals surface area contributed by atoms with Crippen molar-refractivity contribution in [1.29, 1.82) is 0 Å². The molecule has 0 saturated heterocycles. The average Bonchev–Trinajstić information content (AvgIpc) is 2.97. The lowest BCUT2D eigenvalue weighted by molar-refractivity contribution is 1.10. The molecule has 0 unspecified atom stereocenters. The predicted octanol–water partition coefficient (Wildman–Crippen LogP) is 9.66. The highest BCUT2D eigenvalue weighted by molar-refractivity contribution is 5.60. The van der Waals surface area contributed by atoms with E-state index in [4.69, 9.17) is 0 Å². The first kappa shape index (κ1) is 26.2. The molecule has 204 valence electrons. The van der Waals surface area contributed by atoms with Crippen LogP contribution in [0.1, 0.15) is 61.2 Å². The molecule has 12 bridgehead atoms. The highest BCUT2D eigenvalue weighted by atomic mass is 14.1. The lowest BCUT2D eigenvalue weighted by atomic mass is 9.92. The van der Waals surface area contributed by atoms with Crippen LogP contribution in [0.4, 0.5) is 0 Å². The van der Waals surface area contributed by atoms with Crippen LogP contribution in [0, 0.1) is 0 Å². The summed E-state index contributed by atoms with van der Waals surface area (Å²) in [5.74, 6) is 0. The van der Waals surface area contributed by atoms with Gasteiger partial charge in [-0.05, 0) is 105 Å². The molecule has 2 aliphatic carbocycles.